The molecule has 3 aromatic carbocycles. The summed E-state index contributed by atoms with van der Waals surface area (Å²) in [4.78, 5) is 37.0. The number of methoxy groups -OCH3 is 1. The molecule has 36 heavy (non-hydrogen) atoms. The van der Waals surface area contributed by atoms with Crippen molar-refractivity contribution in [1.29, 1.82) is 0 Å². The third kappa shape index (κ3) is 5.01. The summed E-state index contributed by atoms with van der Waals surface area (Å²) in [5, 5.41) is 4.07. The number of ether oxygens (including phenoxy) is 1. The highest BCUT2D eigenvalue weighted by Gasteiger charge is 2.42. The molecule has 2 aliphatic rings. The maximum Gasteiger partial charge on any atom is 0.259 e. The molecule has 0 spiro atoms. The summed E-state index contributed by atoms with van der Waals surface area (Å²) in [6.45, 7) is 0.354. The van der Waals surface area contributed by atoms with Crippen LogP contribution in [0.5, 0.6) is 5.75 Å². The Morgan fingerprint density at radius 2 is 1.83 bits per heavy atom. The molecule has 2 amide bonds. The van der Waals surface area contributed by atoms with E-state index in [-0.39, 0.29) is 18.2 Å². The van der Waals surface area contributed by atoms with Crippen LogP contribution < -0.4 is 10.1 Å². The minimum Gasteiger partial charge on any atom is -0.497 e. The van der Waals surface area contributed by atoms with Crippen LogP contribution in [0.2, 0.25) is 5.02 Å². The van der Waals surface area contributed by atoms with Crippen LogP contribution in [0.4, 0.5) is 5.69 Å². The molecular formula is C27H23ClN4O3S. The number of carbonyl (C=O) groups is 2. The second-order valence-electron chi connectivity index (χ2n) is 8.26. The van der Waals surface area contributed by atoms with Gasteiger partial charge < -0.3 is 10.1 Å². The normalized spacial score (nSPS) is 16.1. The van der Waals surface area contributed by atoms with Gasteiger partial charge in [-0.2, -0.15) is 0 Å². The van der Waals surface area contributed by atoms with Crippen LogP contribution >= 0.6 is 23.4 Å². The molecule has 0 saturated carbocycles. The zero-order chi connectivity index (χ0) is 25.1. The Bertz CT molecular complexity index is 1370. The van der Waals surface area contributed by atoms with E-state index in [1.165, 1.54) is 16.7 Å². The maximum atomic E-state index is 13.4. The van der Waals surface area contributed by atoms with Crippen molar-refractivity contribution >= 4 is 51.9 Å². The monoisotopic (exact) mass is 518 g/mol. The molecule has 1 N–H and O–H groups in total. The summed E-state index contributed by atoms with van der Waals surface area (Å²) in [5.74, 6) is 1.32. The summed E-state index contributed by atoms with van der Waals surface area (Å²) in [6.07, 6.45) is -0.0420. The first-order chi connectivity index (χ1) is 17.5. The van der Waals surface area contributed by atoms with E-state index in [4.69, 9.17) is 21.3 Å². The van der Waals surface area contributed by atoms with Gasteiger partial charge in [0, 0.05) is 22.9 Å². The molecule has 2 heterocycles. The molecule has 0 saturated heterocycles. The van der Waals surface area contributed by atoms with Crippen molar-refractivity contribution in [3.63, 3.8) is 0 Å². The van der Waals surface area contributed by atoms with Crippen LogP contribution in [-0.4, -0.2) is 40.9 Å². The Labute approximate surface area is 218 Å². The first-order valence-corrected chi connectivity index (χ1v) is 12.8. The lowest BCUT2D eigenvalue weighted by Crippen LogP contribution is -2.42. The topological polar surface area (TPSA) is 83.4 Å². The number of nitrogens with one attached hydrogen (secondary N) is 1. The van der Waals surface area contributed by atoms with Crippen LogP contribution in [0.1, 0.15) is 23.1 Å². The summed E-state index contributed by atoms with van der Waals surface area (Å²) in [5.41, 5.74) is 3.40. The molecule has 1 unspecified atom stereocenters. The average molecular weight is 519 g/mol. The van der Waals surface area contributed by atoms with Crippen LogP contribution in [0.15, 0.2) is 82.8 Å². The van der Waals surface area contributed by atoms with Crippen molar-refractivity contribution in [3.05, 3.63) is 94.5 Å². The molecule has 182 valence electrons. The van der Waals surface area contributed by atoms with Crippen molar-refractivity contribution < 1.29 is 14.3 Å². The van der Waals surface area contributed by atoms with Gasteiger partial charge in [0.05, 0.1) is 19.2 Å². The van der Waals surface area contributed by atoms with Crippen LogP contribution in [0.25, 0.3) is 0 Å². The van der Waals surface area contributed by atoms with Crippen LogP contribution in [0.3, 0.4) is 0 Å². The summed E-state index contributed by atoms with van der Waals surface area (Å²) < 4.78 is 5.16. The second-order valence-corrected chi connectivity index (χ2v) is 9.61. The highest BCUT2D eigenvalue weighted by atomic mass is 35.5. The van der Waals surface area contributed by atoms with Crippen molar-refractivity contribution in [1.82, 2.24) is 10.2 Å². The molecule has 0 bridgehead atoms. The van der Waals surface area contributed by atoms with Gasteiger partial charge in [-0.1, -0.05) is 65.8 Å². The fourth-order valence-corrected chi connectivity index (χ4v) is 5.27. The minimum absolute atomic E-state index is 0.0420. The second kappa shape index (κ2) is 10.6. The number of nitrogens with zero attached hydrogens (tertiary/aromatic N) is 3. The van der Waals surface area contributed by atoms with Crippen molar-refractivity contribution in [3.8, 4) is 5.75 Å². The molecule has 3 aromatic rings. The third-order valence-corrected chi connectivity index (χ3v) is 7.25. The predicted octanol–water partition coefficient (Wildman–Crippen LogP) is 4.95. The maximum absolute atomic E-state index is 13.4. The van der Waals surface area contributed by atoms with E-state index in [1.54, 1.807) is 7.11 Å². The fourth-order valence-electron chi connectivity index (χ4n) is 3.98. The molecule has 1 atom stereocenters. The Hall–Kier alpha value is -3.62. The number of carbonyl (C=O) groups excluding carboxylic acids is 2. The zero-order valence-electron chi connectivity index (χ0n) is 19.5. The molecule has 5 rings (SSSR count). The predicted molar refractivity (Wildman–Crippen MR) is 143 cm³/mol. The van der Waals surface area contributed by atoms with E-state index in [0.29, 0.717) is 28.3 Å². The SMILES string of the molecule is COc1ccc(CNC(=O)CC2N=C3c4ccccc4N=C(SCc4ccccc4Cl)N3C2=O)cc1. The quantitative estimate of drug-likeness (QED) is 0.480. The van der Waals surface area contributed by atoms with Gasteiger partial charge in [0.15, 0.2) is 5.17 Å². The van der Waals surface area contributed by atoms with E-state index in [1.807, 2.05) is 72.8 Å². The lowest BCUT2D eigenvalue weighted by atomic mass is 10.1. The number of amides is 2. The molecule has 7 nitrogen and oxygen atoms in total. The Morgan fingerprint density at radius 1 is 1.08 bits per heavy atom. The van der Waals surface area contributed by atoms with E-state index < -0.39 is 6.04 Å². The van der Waals surface area contributed by atoms with E-state index >= 15 is 0 Å². The van der Waals surface area contributed by atoms with Gasteiger partial charge in [-0.25, -0.2) is 9.89 Å². The first-order valence-electron chi connectivity index (χ1n) is 11.4. The minimum atomic E-state index is -0.812. The van der Waals surface area contributed by atoms with Gasteiger partial charge in [-0.3, -0.25) is 14.6 Å². The molecule has 0 aromatic heterocycles. The van der Waals surface area contributed by atoms with Gasteiger partial charge in [-0.15, -0.1) is 0 Å². The van der Waals surface area contributed by atoms with Gasteiger partial charge in [0.1, 0.15) is 17.6 Å². The van der Waals surface area contributed by atoms with Gasteiger partial charge >= 0.3 is 0 Å². The first kappa shape index (κ1) is 24.1. The number of halogens is 1. The molecule has 2 aliphatic heterocycles. The Balaban J connectivity index is 1.31. The number of amidine groups is 2. The van der Waals surface area contributed by atoms with Crippen LogP contribution in [-0.2, 0) is 21.9 Å². The van der Waals surface area contributed by atoms with Gasteiger partial charge in [-0.05, 0) is 41.5 Å². The van der Waals surface area contributed by atoms with E-state index in [2.05, 4.69) is 10.3 Å². The summed E-state index contributed by atoms with van der Waals surface area (Å²) >= 11 is 7.74. The molecular weight excluding hydrogens is 496 g/mol. The summed E-state index contributed by atoms with van der Waals surface area (Å²) in [7, 11) is 1.61. The molecule has 0 aliphatic carbocycles. The number of hydrogen-bond donors (Lipinski definition) is 1. The lowest BCUT2D eigenvalue weighted by Gasteiger charge is -2.25. The number of hydrogen-bond acceptors (Lipinski definition) is 6. The fraction of sp³-hybridized carbons (Fsp3) is 0.185. The lowest BCUT2D eigenvalue weighted by molar-refractivity contribution is -0.128. The molecule has 0 fully saturated rings. The number of rotatable bonds is 7. The van der Waals surface area contributed by atoms with Crippen molar-refractivity contribution in [2.24, 2.45) is 9.98 Å². The Kier molecular flexibility index (Phi) is 7.06. The third-order valence-electron chi connectivity index (χ3n) is 5.89. The summed E-state index contributed by atoms with van der Waals surface area (Å²) in [6, 6.07) is 21.8. The van der Waals surface area contributed by atoms with Gasteiger partial charge in [0.2, 0.25) is 5.91 Å². The van der Waals surface area contributed by atoms with E-state index in [9.17, 15) is 9.59 Å². The Morgan fingerprint density at radius 3 is 2.61 bits per heavy atom. The number of benzene rings is 3. The highest BCUT2D eigenvalue weighted by molar-refractivity contribution is 8.13. The smallest absolute Gasteiger partial charge is 0.259 e. The van der Waals surface area contributed by atoms with Gasteiger partial charge in [0.25, 0.3) is 5.91 Å². The average Bonchev–Trinajstić information content (AvgIpc) is 3.23. The number of para-hydroxylation sites is 1. The van der Waals surface area contributed by atoms with E-state index in [0.717, 1.165) is 28.1 Å². The van der Waals surface area contributed by atoms with Crippen molar-refractivity contribution in [2.75, 3.05) is 7.11 Å². The van der Waals surface area contributed by atoms with Crippen LogP contribution in [0, 0.1) is 0 Å². The molecule has 0 radical (unpaired) electrons. The standard InChI is InChI=1S/C27H23ClN4O3S/c1-35-19-12-10-17(11-13-19)15-29-24(33)14-23-26(34)32-25(30-23)20-7-3-5-9-22(20)31-27(32)36-16-18-6-2-4-8-21(18)28/h2-13,23H,14-16H2,1H3,(H,29,33). The largest absolute Gasteiger partial charge is 0.497 e. The van der Waals surface area contributed by atoms with Crippen molar-refractivity contribution in [2.45, 2.75) is 24.8 Å². The number of fused-ring (bicyclic) bond motifs is 3. The number of aliphatic imine (C=N–C) groups is 2. The highest BCUT2D eigenvalue weighted by Crippen LogP contribution is 2.35. The number of thioether (sulfide) groups is 1. The zero-order valence-corrected chi connectivity index (χ0v) is 21.1. The molecule has 9 heteroatoms.